The number of rotatable bonds is 70. The van der Waals surface area contributed by atoms with Crippen molar-refractivity contribution in [2.75, 3.05) is 13.2 Å². The maximum Gasteiger partial charge on any atom is 0.306 e. The van der Waals surface area contributed by atoms with Crippen LogP contribution in [-0.4, -0.2) is 37.2 Å². The SMILES string of the molecule is CCCCCCC/C=C\C/C=C\CCCCCCCCCCCCCCCCCCCC(=O)OCC(COC(=O)CCCCCCCCCCC)OC(=O)CCCCCCCCCCCCCCCCCCCCCCCCCCCC. The van der Waals surface area contributed by atoms with Crippen molar-refractivity contribution >= 4 is 17.9 Å². The lowest BCUT2D eigenvalue weighted by Gasteiger charge is -2.18. The monoisotopic (exact) mass is 1150 g/mol. The largest absolute Gasteiger partial charge is 0.462 e. The minimum Gasteiger partial charge on any atom is -0.462 e. The number of carbonyl (C=O) groups is 3. The van der Waals surface area contributed by atoms with Crippen LogP contribution >= 0.6 is 0 Å². The average molecular weight is 1150 g/mol. The Hall–Kier alpha value is -2.11. The standard InChI is InChI=1S/C76H144O6/c1-4-7-10-13-16-19-21-23-25-27-29-31-33-35-37-38-39-41-42-44-46-48-50-52-54-57-60-63-66-69-75(78)81-72-73(71-80-74(77)68-65-62-59-56-18-15-12-9-6-3)82-76(79)70-67-64-61-58-55-53-51-49-47-45-43-40-36-34-32-30-28-26-24-22-20-17-14-11-8-5-2/h21,23,27,29,73H,4-20,22,24-26,28,30-72H2,1-3H3/b23-21-,29-27-. The number of ether oxygens (including phenoxy) is 3. The van der Waals surface area contributed by atoms with Crippen LogP contribution in [0.15, 0.2) is 24.3 Å². The lowest BCUT2D eigenvalue weighted by atomic mass is 10.0. The molecular formula is C76H144O6. The van der Waals surface area contributed by atoms with Gasteiger partial charge in [0.25, 0.3) is 0 Å². The molecule has 0 aromatic carbocycles. The van der Waals surface area contributed by atoms with Gasteiger partial charge in [-0.2, -0.15) is 0 Å². The maximum absolute atomic E-state index is 12.9. The highest BCUT2D eigenvalue weighted by atomic mass is 16.6. The van der Waals surface area contributed by atoms with Crippen molar-refractivity contribution in [3.63, 3.8) is 0 Å². The highest BCUT2D eigenvalue weighted by Gasteiger charge is 2.20. The van der Waals surface area contributed by atoms with Crippen LogP contribution in [0.1, 0.15) is 425 Å². The quantitative estimate of drug-likeness (QED) is 0.0261. The van der Waals surface area contributed by atoms with Gasteiger partial charge in [0.2, 0.25) is 0 Å². The average Bonchev–Trinajstić information content (AvgIpc) is 3.48. The normalized spacial score (nSPS) is 12.1. The molecule has 1 unspecified atom stereocenters. The number of hydrogen-bond donors (Lipinski definition) is 0. The first-order chi connectivity index (χ1) is 40.5. The van der Waals surface area contributed by atoms with Crippen LogP contribution in [0.4, 0.5) is 0 Å². The van der Waals surface area contributed by atoms with E-state index in [0.29, 0.717) is 19.3 Å². The Labute approximate surface area is 513 Å². The zero-order valence-corrected chi connectivity index (χ0v) is 55.8. The summed E-state index contributed by atoms with van der Waals surface area (Å²) in [6, 6.07) is 0. The van der Waals surface area contributed by atoms with Gasteiger partial charge in [-0.15, -0.1) is 0 Å². The number of unbranched alkanes of at least 4 members (excludes halogenated alkanes) is 55. The first-order valence-electron chi connectivity index (χ1n) is 37.3. The van der Waals surface area contributed by atoms with Crippen molar-refractivity contribution in [3.05, 3.63) is 24.3 Å². The summed E-state index contributed by atoms with van der Waals surface area (Å²) in [4.78, 5) is 38.3. The van der Waals surface area contributed by atoms with Crippen molar-refractivity contribution in [2.24, 2.45) is 0 Å². The van der Waals surface area contributed by atoms with E-state index in [1.54, 1.807) is 0 Å². The summed E-state index contributed by atoms with van der Waals surface area (Å²) < 4.78 is 17.0. The number of hydrogen-bond acceptors (Lipinski definition) is 6. The molecular weight excluding hydrogens is 1010 g/mol. The van der Waals surface area contributed by atoms with E-state index in [4.69, 9.17) is 14.2 Å². The number of carbonyl (C=O) groups excluding carboxylic acids is 3. The fourth-order valence-electron chi connectivity index (χ4n) is 11.6. The zero-order valence-electron chi connectivity index (χ0n) is 55.8. The van der Waals surface area contributed by atoms with Crippen molar-refractivity contribution in [3.8, 4) is 0 Å². The lowest BCUT2D eigenvalue weighted by molar-refractivity contribution is -0.167. The molecule has 0 bridgehead atoms. The Balaban J connectivity index is 4.06. The predicted molar refractivity (Wildman–Crippen MR) is 358 cm³/mol. The minimum atomic E-state index is -0.766. The van der Waals surface area contributed by atoms with Gasteiger partial charge in [-0.25, -0.2) is 0 Å². The van der Waals surface area contributed by atoms with E-state index < -0.39 is 6.10 Å². The summed E-state index contributed by atoms with van der Waals surface area (Å²) in [5.41, 5.74) is 0. The second-order valence-electron chi connectivity index (χ2n) is 25.6. The molecule has 0 radical (unpaired) electrons. The Morgan fingerprint density at radius 2 is 0.439 bits per heavy atom. The van der Waals surface area contributed by atoms with Crippen molar-refractivity contribution < 1.29 is 28.6 Å². The molecule has 0 fully saturated rings. The third-order valence-electron chi connectivity index (χ3n) is 17.2. The molecule has 1 atom stereocenters. The van der Waals surface area contributed by atoms with E-state index in [2.05, 4.69) is 45.1 Å². The molecule has 0 spiro atoms. The highest BCUT2D eigenvalue weighted by Crippen LogP contribution is 2.19. The molecule has 0 amide bonds. The summed E-state index contributed by atoms with van der Waals surface area (Å²) in [5.74, 6) is -0.832. The minimum absolute atomic E-state index is 0.0638. The van der Waals surface area contributed by atoms with Crippen LogP contribution in [-0.2, 0) is 28.6 Å². The van der Waals surface area contributed by atoms with Crippen LogP contribution in [0, 0.1) is 0 Å². The molecule has 0 saturated heterocycles. The van der Waals surface area contributed by atoms with Crippen molar-refractivity contribution in [1.82, 2.24) is 0 Å². The maximum atomic E-state index is 12.9. The van der Waals surface area contributed by atoms with Gasteiger partial charge in [-0.3, -0.25) is 14.4 Å². The van der Waals surface area contributed by atoms with E-state index in [0.717, 1.165) is 64.2 Å². The molecule has 484 valence electrons. The van der Waals surface area contributed by atoms with Gasteiger partial charge in [-0.1, -0.05) is 379 Å². The molecule has 0 N–H and O–H groups in total. The van der Waals surface area contributed by atoms with Gasteiger partial charge in [0.15, 0.2) is 6.10 Å². The van der Waals surface area contributed by atoms with Gasteiger partial charge >= 0.3 is 17.9 Å². The van der Waals surface area contributed by atoms with Crippen LogP contribution in [0.2, 0.25) is 0 Å². The molecule has 0 heterocycles. The van der Waals surface area contributed by atoms with Gasteiger partial charge in [0, 0.05) is 19.3 Å². The molecule has 0 aromatic heterocycles. The van der Waals surface area contributed by atoms with E-state index in [1.807, 2.05) is 0 Å². The number of esters is 3. The Morgan fingerprint density at radius 3 is 0.671 bits per heavy atom. The lowest BCUT2D eigenvalue weighted by Crippen LogP contribution is -2.30. The Bertz CT molecular complexity index is 1320. The van der Waals surface area contributed by atoms with Gasteiger partial charge in [-0.05, 0) is 51.4 Å². The van der Waals surface area contributed by atoms with Gasteiger partial charge in [0.1, 0.15) is 13.2 Å². The van der Waals surface area contributed by atoms with Crippen molar-refractivity contribution in [1.29, 1.82) is 0 Å². The third kappa shape index (κ3) is 68.7. The smallest absolute Gasteiger partial charge is 0.306 e. The molecule has 82 heavy (non-hydrogen) atoms. The van der Waals surface area contributed by atoms with E-state index in [1.165, 1.54) is 321 Å². The molecule has 0 aliphatic carbocycles. The predicted octanol–water partition coefficient (Wildman–Crippen LogP) is 25.7. The summed E-state index contributed by atoms with van der Waals surface area (Å²) in [6.07, 6.45) is 88.2. The molecule has 6 nitrogen and oxygen atoms in total. The summed E-state index contributed by atoms with van der Waals surface area (Å²) in [6.45, 7) is 6.70. The molecule has 0 aromatic rings. The van der Waals surface area contributed by atoms with Crippen molar-refractivity contribution in [2.45, 2.75) is 431 Å². The topological polar surface area (TPSA) is 78.9 Å². The Kier molecular flexibility index (Phi) is 69.5. The molecule has 0 aliphatic rings. The van der Waals surface area contributed by atoms with E-state index in [9.17, 15) is 14.4 Å². The van der Waals surface area contributed by atoms with Crippen LogP contribution in [0.5, 0.6) is 0 Å². The molecule has 0 aliphatic heterocycles. The molecule has 0 saturated carbocycles. The molecule has 0 rings (SSSR count). The fraction of sp³-hybridized carbons (Fsp3) is 0.908. The van der Waals surface area contributed by atoms with E-state index >= 15 is 0 Å². The van der Waals surface area contributed by atoms with Gasteiger partial charge < -0.3 is 14.2 Å². The fourth-order valence-corrected chi connectivity index (χ4v) is 11.6. The Morgan fingerprint density at radius 1 is 0.244 bits per heavy atom. The van der Waals surface area contributed by atoms with Crippen LogP contribution < -0.4 is 0 Å². The summed E-state index contributed by atoms with van der Waals surface area (Å²) in [7, 11) is 0. The summed E-state index contributed by atoms with van der Waals surface area (Å²) in [5, 5.41) is 0. The zero-order chi connectivity index (χ0) is 59.2. The first-order valence-corrected chi connectivity index (χ1v) is 37.3. The van der Waals surface area contributed by atoms with Crippen LogP contribution in [0.3, 0.4) is 0 Å². The first kappa shape index (κ1) is 79.9. The van der Waals surface area contributed by atoms with Gasteiger partial charge in [0.05, 0.1) is 0 Å². The van der Waals surface area contributed by atoms with E-state index in [-0.39, 0.29) is 31.1 Å². The second-order valence-corrected chi connectivity index (χ2v) is 25.6. The molecule has 6 heteroatoms. The summed E-state index contributed by atoms with van der Waals surface area (Å²) >= 11 is 0. The third-order valence-corrected chi connectivity index (χ3v) is 17.2. The highest BCUT2D eigenvalue weighted by molar-refractivity contribution is 5.71. The second kappa shape index (κ2) is 71.4. The van der Waals surface area contributed by atoms with Crippen LogP contribution in [0.25, 0.3) is 0 Å². The number of allylic oxidation sites excluding steroid dienone is 4.